The zero-order chi connectivity index (χ0) is 14.1. The van der Waals surface area contributed by atoms with E-state index in [0.29, 0.717) is 5.57 Å². The highest BCUT2D eigenvalue weighted by Crippen LogP contribution is 2.39. The number of nitrogens with zero attached hydrogens (tertiary/aromatic N) is 1. The van der Waals surface area contributed by atoms with Crippen LogP contribution in [0.25, 0.3) is 0 Å². The third-order valence-electron chi connectivity index (χ3n) is 3.59. The Bertz CT molecular complexity index is 522. The van der Waals surface area contributed by atoms with Crippen LogP contribution in [0.5, 0.6) is 0 Å². The summed E-state index contributed by atoms with van der Waals surface area (Å²) in [6.07, 6.45) is 2.92. The largest absolute Gasteiger partial charge is 0.478 e. The number of hydrogen-bond acceptors (Lipinski definition) is 4. The molecule has 5 nitrogen and oxygen atoms in total. The van der Waals surface area contributed by atoms with E-state index < -0.39 is 17.0 Å². The van der Waals surface area contributed by atoms with Gasteiger partial charge in [0, 0.05) is 11.6 Å². The first-order valence-corrected chi connectivity index (χ1v) is 6.09. The Labute approximate surface area is 111 Å². The van der Waals surface area contributed by atoms with E-state index in [1.165, 1.54) is 6.92 Å². The third-order valence-corrected chi connectivity index (χ3v) is 3.59. The maximum atomic E-state index is 10.7. The molecular weight excluding hydrogens is 246 g/mol. The molecule has 1 saturated carbocycles. The first kappa shape index (κ1) is 13.6. The fourth-order valence-corrected chi connectivity index (χ4v) is 1.86. The second-order valence-electron chi connectivity index (χ2n) is 5.22. The summed E-state index contributed by atoms with van der Waals surface area (Å²) in [5.41, 5.74) is -2.01. The number of ether oxygens (including phenoxy) is 1. The lowest BCUT2D eigenvalue weighted by Gasteiger charge is -2.42. The Morgan fingerprint density at radius 1 is 1.53 bits per heavy atom. The minimum atomic E-state index is -1.51. The van der Waals surface area contributed by atoms with Crippen molar-refractivity contribution < 1.29 is 19.7 Å². The molecular formula is C14H15NO4. The number of carbonyl (C=O) groups is 1. The van der Waals surface area contributed by atoms with E-state index in [1.807, 2.05) is 0 Å². The molecule has 2 aliphatic rings. The number of allylic oxidation sites excluding steroid dienone is 1. The SMILES string of the molecule is C[C@](O)(C#C/C(=C\C(=O)O)C1CC1)C1(C#N)COC1. The number of aliphatic carboxylic acids is 1. The van der Waals surface area contributed by atoms with Crippen molar-refractivity contribution in [3.8, 4) is 17.9 Å². The molecule has 0 aromatic rings. The molecule has 2 N–H and O–H groups in total. The van der Waals surface area contributed by atoms with Gasteiger partial charge in [-0.25, -0.2) is 4.79 Å². The number of rotatable bonds is 3. The van der Waals surface area contributed by atoms with Crippen molar-refractivity contribution in [2.45, 2.75) is 25.4 Å². The highest BCUT2D eigenvalue weighted by atomic mass is 16.5. The number of hydrogen-bond donors (Lipinski definition) is 2. The van der Waals surface area contributed by atoms with Crippen LogP contribution >= 0.6 is 0 Å². The maximum Gasteiger partial charge on any atom is 0.329 e. The molecule has 1 aliphatic carbocycles. The molecule has 1 aliphatic heterocycles. The van der Waals surface area contributed by atoms with E-state index in [4.69, 9.17) is 15.1 Å². The molecule has 0 radical (unpaired) electrons. The number of carboxylic acid groups (broad SMARTS) is 1. The number of carboxylic acids is 1. The molecule has 100 valence electrons. The molecule has 2 rings (SSSR count). The van der Waals surface area contributed by atoms with Crippen LogP contribution in [-0.4, -0.2) is 35.0 Å². The van der Waals surface area contributed by atoms with Crippen LogP contribution in [0, 0.1) is 34.5 Å². The molecule has 0 spiro atoms. The Morgan fingerprint density at radius 2 is 2.16 bits per heavy atom. The predicted octanol–water partition coefficient (Wildman–Crippen LogP) is 0.702. The number of nitriles is 1. The van der Waals surface area contributed by atoms with E-state index in [1.54, 1.807) is 0 Å². The molecule has 0 unspecified atom stereocenters. The number of aliphatic hydroxyl groups is 1. The van der Waals surface area contributed by atoms with E-state index in [0.717, 1.165) is 18.9 Å². The molecule has 5 heteroatoms. The monoisotopic (exact) mass is 261 g/mol. The summed E-state index contributed by atoms with van der Waals surface area (Å²) in [6.45, 7) is 1.76. The Hall–Kier alpha value is -1.82. The van der Waals surface area contributed by atoms with Crippen molar-refractivity contribution in [1.29, 1.82) is 5.26 Å². The molecule has 0 bridgehead atoms. The van der Waals surface area contributed by atoms with Gasteiger partial charge in [-0.2, -0.15) is 5.26 Å². The van der Waals surface area contributed by atoms with Gasteiger partial charge in [0.25, 0.3) is 0 Å². The topological polar surface area (TPSA) is 90.5 Å². The van der Waals surface area contributed by atoms with Gasteiger partial charge in [0.1, 0.15) is 11.0 Å². The van der Waals surface area contributed by atoms with Crippen LogP contribution in [0.1, 0.15) is 19.8 Å². The summed E-state index contributed by atoms with van der Waals surface area (Å²) >= 11 is 0. The van der Waals surface area contributed by atoms with Gasteiger partial charge in [0.05, 0.1) is 19.3 Å². The van der Waals surface area contributed by atoms with Crippen molar-refractivity contribution in [3.05, 3.63) is 11.6 Å². The lowest BCUT2D eigenvalue weighted by atomic mass is 9.72. The van der Waals surface area contributed by atoms with Crippen LogP contribution < -0.4 is 0 Å². The van der Waals surface area contributed by atoms with Crippen molar-refractivity contribution in [1.82, 2.24) is 0 Å². The van der Waals surface area contributed by atoms with Gasteiger partial charge in [0.2, 0.25) is 0 Å². The molecule has 1 heterocycles. The zero-order valence-electron chi connectivity index (χ0n) is 10.6. The Kier molecular flexibility index (Phi) is 3.36. The van der Waals surface area contributed by atoms with Crippen molar-refractivity contribution in [3.63, 3.8) is 0 Å². The molecule has 1 saturated heterocycles. The van der Waals surface area contributed by atoms with Crippen LogP contribution in [0.2, 0.25) is 0 Å². The summed E-state index contributed by atoms with van der Waals surface area (Å²) in [4.78, 5) is 10.7. The fourth-order valence-electron chi connectivity index (χ4n) is 1.86. The molecule has 0 amide bonds. The quantitative estimate of drug-likeness (QED) is 0.576. The van der Waals surface area contributed by atoms with Gasteiger partial charge in [-0.3, -0.25) is 0 Å². The molecule has 2 fully saturated rings. The minimum absolute atomic E-state index is 0.145. The van der Waals surface area contributed by atoms with Gasteiger partial charge in [-0.15, -0.1) is 0 Å². The summed E-state index contributed by atoms with van der Waals surface area (Å²) in [7, 11) is 0. The second kappa shape index (κ2) is 4.70. The van der Waals surface area contributed by atoms with Gasteiger partial charge in [-0.1, -0.05) is 11.8 Å². The average Bonchev–Trinajstić information content (AvgIpc) is 3.06. The summed E-state index contributed by atoms with van der Waals surface area (Å²) < 4.78 is 4.99. The standard InChI is InChI=1S/C14H15NO4/c1-13(18,14(7-15)8-19-9-14)5-4-11(6-12(16)17)10-2-3-10/h6,10,18H,2-3,8-9H2,1H3,(H,16,17)/b11-6+/t13-/m0/s1. The molecule has 1 atom stereocenters. The Morgan fingerprint density at radius 3 is 2.53 bits per heavy atom. The van der Waals surface area contributed by atoms with Gasteiger partial charge < -0.3 is 14.9 Å². The zero-order valence-corrected chi connectivity index (χ0v) is 10.6. The summed E-state index contributed by atoms with van der Waals surface area (Å²) in [5, 5.41) is 28.2. The summed E-state index contributed by atoms with van der Waals surface area (Å²) in [5.74, 6) is 4.52. The Balaban J connectivity index is 2.22. The van der Waals surface area contributed by atoms with E-state index in [2.05, 4.69) is 17.9 Å². The van der Waals surface area contributed by atoms with Crippen molar-refractivity contribution in [2.75, 3.05) is 13.2 Å². The maximum absolute atomic E-state index is 10.7. The first-order chi connectivity index (χ1) is 8.90. The van der Waals surface area contributed by atoms with Crippen molar-refractivity contribution in [2.24, 2.45) is 11.3 Å². The summed E-state index contributed by atoms with van der Waals surface area (Å²) in [6, 6.07) is 2.05. The molecule has 19 heavy (non-hydrogen) atoms. The average molecular weight is 261 g/mol. The smallest absolute Gasteiger partial charge is 0.329 e. The van der Waals surface area contributed by atoms with Crippen LogP contribution in [0.3, 0.4) is 0 Å². The first-order valence-electron chi connectivity index (χ1n) is 6.09. The third kappa shape index (κ3) is 2.63. The van der Waals surface area contributed by atoms with E-state index >= 15 is 0 Å². The normalized spacial score (nSPS) is 24.2. The lowest BCUT2D eigenvalue weighted by molar-refractivity contribution is -0.158. The van der Waals surface area contributed by atoms with Gasteiger partial charge in [-0.05, 0) is 25.7 Å². The molecule has 0 aromatic heterocycles. The highest BCUT2D eigenvalue weighted by molar-refractivity contribution is 5.82. The van der Waals surface area contributed by atoms with Gasteiger partial charge >= 0.3 is 5.97 Å². The lowest BCUT2D eigenvalue weighted by Crippen LogP contribution is -2.57. The fraction of sp³-hybridized carbons (Fsp3) is 0.571. The van der Waals surface area contributed by atoms with E-state index in [-0.39, 0.29) is 19.1 Å². The predicted molar refractivity (Wildman–Crippen MR) is 65.7 cm³/mol. The van der Waals surface area contributed by atoms with E-state index in [9.17, 15) is 9.90 Å². The minimum Gasteiger partial charge on any atom is -0.478 e. The van der Waals surface area contributed by atoms with Crippen molar-refractivity contribution >= 4 is 5.97 Å². The highest BCUT2D eigenvalue weighted by Gasteiger charge is 2.53. The van der Waals surface area contributed by atoms with Crippen LogP contribution in [-0.2, 0) is 9.53 Å². The second-order valence-corrected chi connectivity index (χ2v) is 5.22. The molecule has 0 aromatic carbocycles. The van der Waals surface area contributed by atoms with Gasteiger partial charge in [0.15, 0.2) is 0 Å². The van der Waals surface area contributed by atoms with Crippen LogP contribution in [0.15, 0.2) is 11.6 Å². The van der Waals surface area contributed by atoms with Crippen LogP contribution in [0.4, 0.5) is 0 Å².